The zero-order chi connectivity index (χ0) is 13.1. The quantitative estimate of drug-likeness (QED) is 0.569. The van der Waals surface area contributed by atoms with Gasteiger partial charge in [0.15, 0.2) is 0 Å². The van der Waals surface area contributed by atoms with E-state index in [-0.39, 0.29) is 11.9 Å². The lowest BCUT2D eigenvalue weighted by molar-refractivity contribution is -0.133. The fourth-order valence-electron chi connectivity index (χ4n) is 1.71. The van der Waals surface area contributed by atoms with E-state index in [0.717, 1.165) is 26.2 Å². The van der Waals surface area contributed by atoms with Crippen molar-refractivity contribution in [2.24, 2.45) is 5.73 Å². The van der Waals surface area contributed by atoms with Gasteiger partial charge in [0.1, 0.15) is 5.54 Å². The second-order valence-electron chi connectivity index (χ2n) is 4.94. The third kappa shape index (κ3) is 3.67. The van der Waals surface area contributed by atoms with E-state index >= 15 is 0 Å². The standard InChI is InChI=1S/C11H22N4O2/c1-8(15-6-4-13-5-7-15)9(16)14-11(2,3)10(12)17/h8,13H,4-7H2,1-3H3,(H2,12,17)(H,14,16). The first kappa shape index (κ1) is 13.9. The largest absolute Gasteiger partial charge is 0.368 e. The summed E-state index contributed by atoms with van der Waals surface area (Å²) in [6.45, 7) is 8.51. The first-order chi connectivity index (χ1) is 7.84. The molecule has 0 aliphatic carbocycles. The Labute approximate surface area is 102 Å². The molecule has 0 spiro atoms. The Morgan fingerprint density at radius 3 is 2.35 bits per heavy atom. The van der Waals surface area contributed by atoms with Gasteiger partial charge in [-0.1, -0.05) is 0 Å². The van der Waals surface area contributed by atoms with Gasteiger partial charge in [0.2, 0.25) is 11.8 Å². The number of carbonyl (C=O) groups is 2. The maximum absolute atomic E-state index is 12.0. The summed E-state index contributed by atoms with van der Waals surface area (Å²) in [6, 6.07) is -0.240. The van der Waals surface area contributed by atoms with E-state index in [4.69, 9.17) is 5.73 Å². The second-order valence-corrected chi connectivity index (χ2v) is 4.94. The van der Waals surface area contributed by atoms with Crippen LogP contribution >= 0.6 is 0 Å². The lowest BCUT2D eigenvalue weighted by Gasteiger charge is -2.33. The summed E-state index contributed by atoms with van der Waals surface area (Å²) >= 11 is 0. The zero-order valence-corrected chi connectivity index (χ0v) is 10.7. The smallest absolute Gasteiger partial charge is 0.242 e. The Morgan fingerprint density at radius 1 is 1.35 bits per heavy atom. The van der Waals surface area contributed by atoms with E-state index in [9.17, 15) is 9.59 Å². The number of rotatable bonds is 4. The van der Waals surface area contributed by atoms with Crippen molar-refractivity contribution >= 4 is 11.8 Å². The van der Waals surface area contributed by atoms with Gasteiger partial charge in [0.05, 0.1) is 6.04 Å². The van der Waals surface area contributed by atoms with Crippen molar-refractivity contribution in [2.75, 3.05) is 26.2 Å². The van der Waals surface area contributed by atoms with Crippen molar-refractivity contribution in [2.45, 2.75) is 32.4 Å². The maximum atomic E-state index is 12.0. The summed E-state index contributed by atoms with van der Waals surface area (Å²) in [5.41, 5.74) is 4.22. The Hall–Kier alpha value is -1.14. The van der Waals surface area contributed by atoms with Crippen molar-refractivity contribution in [1.29, 1.82) is 0 Å². The molecule has 0 bridgehead atoms. The van der Waals surface area contributed by atoms with Gasteiger partial charge < -0.3 is 16.4 Å². The summed E-state index contributed by atoms with van der Waals surface area (Å²) in [4.78, 5) is 25.2. The molecular weight excluding hydrogens is 220 g/mol. The molecule has 98 valence electrons. The van der Waals surface area contributed by atoms with Crippen LogP contribution in [0.15, 0.2) is 0 Å². The molecule has 1 rings (SSSR count). The Balaban J connectivity index is 2.54. The Morgan fingerprint density at radius 2 is 1.88 bits per heavy atom. The molecule has 1 aliphatic rings. The number of carbonyl (C=O) groups excluding carboxylic acids is 2. The van der Waals surface area contributed by atoms with Gasteiger partial charge in [-0.15, -0.1) is 0 Å². The van der Waals surface area contributed by atoms with Crippen LogP contribution in [0.4, 0.5) is 0 Å². The van der Waals surface area contributed by atoms with Crippen LogP contribution in [0.1, 0.15) is 20.8 Å². The molecular formula is C11H22N4O2. The highest BCUT2D eigenvalue weighted by atomic mass is 16.2. The van der Waals surface area contributed by atoms with Gasteiger partial charge in [0, 0.05) is 26.2 Å². The first-order valence-corrected chi connectivity index (χ1v) is 5.91. The highest BCUT2D eigenvalue weighted by Gasteiger charge is 2.31. The predicted octanol–water partition coefficient (Wildman–Crippen LogP) is -1.34. The van der Waals surface area contributed by atoms with Gasteiger partial charge >= 0.3 is 0 Å². The molecule has 17 heavy (non-hydrogen) atoms. The van der Waals surface area contributed by atoms with Crippen molar-refractivity contribution in [1.82, 2.24) is 15.5 Å². The van der Waals surface area contributed by atoms with Gasteiger partial charge in [0.25, 0.3) is 0 Å². The first-order valence-electron chi connectivity index (χ1n) is 5.91. The molecule has 1 unspecified atom stereocenters. The molecule has 1 fully saturated rings. The average Bonchev–Trinajstić information content (AvgIpc) is 2.28. The molecule has 0 aromatic carbocycles. The predicted molar refractivity (Wildman–Crippen MR) is 65.3 cm³/mol. The van der Waals surface area contributed by atoms with Crippen molar-refractivity contribution < 1.29 is 9.59 Å². The number of hydrogen-bond donors (Lipinski definition) is 3. The molecule has 1 atom stereocenters. The van der Waals surface area contributed by atoms with Crippen LogP contribution in [0.5, 0.6) is 0 Å². The topological polar surface area (TPSA) is 87.5 Å². The summed E-state index contributed by atoms with van der Waals surface area (Å²) < 4.78 is 0. The van der Waals surface area contributed by atoms with E-state index in [1.807, 2.05) is 6.92 Å². The number of piperazine rings is 1. The van der Waals surface area contributed by atoms with Crippen LogP contribution < -0.4 is 16.4 Å². The number of nitrogens with zero attached hydrogens (tertiary/aromatic N) is 1. The molecule has 1 saturated heterocycles. The van der Waals surface area contributed by atoms with Crippen LogP contribution in [0.2, 0.25) is 0 Å². The van der Waals surface area contributed by atoms with Gasteiger partial charge in [-0.3, -0.25) is 14.5 Å². The van der Waals surface area contributed by atoms with E-state index < -0.39 is 11.4 Å². The molecule has 1 aliphatic heterocycles. The number of primary amides is 1. The minimum atomic E-state index is -1.00. The molecule has 1 heterocycles. The van der Waals surface area contributed by atoms with E-state index in [1.165, 1.54) is 0 Å². The molecule has 0 aromatic rings. The molecule has 6 nitrogen and oxygen atoms in total. The maximum Gasteiger partial charge on any atom is 0.242 e. The zero-order valence-electron chi connectivity index (χ0n) is 10.7. The average molecular weight is 242 g/mol. The van der Waals surface area contributed by atoms with Gasteiger partial charge in [-0.05, 0) is 20.8 Å². The number of hydrogen-bond acceptors (Lipinski definition) is 4. The van der Waals surface area contributed by atoms with Gasteiger partial charge in [-0.2, -0.15) is 0 Å². The second kappa shape index (κ2) is 5.46. The van der Waals surface area contributed by atoms with E-state index in [1.54, 1.807) is 13.8 Å². The Kier molecular flexibility index (Phi) is 4.47. The van der Waals surface area contributed by atoms with Crippen LogP contribution in [-0.2, 0) is 9.59 Å². The van der Waals surface area contributed by atoms with Crippen LogP contribution in [-0.4, -0.2) is 54.5 Å². The highest BCUT2D eigenvalue weighted by Crippen LogP contribution is 2.05. The monoisotopic (exact) mass is 242 g/mol. The normalized spacial score (nSPS) is 19.7. The molecule has 2 amide bonds. The fraction of sp³-hybridized carbons (Fsp3) is 0.818. The van der Waals surface area contributed by atoms with Crippen LogP contribution in [0, 0.1) is 0 Å². The Bertz CT molecular complexity index is 298. The molecule has 6 heteroatoms. The fourth-order valence-corrected chi connectivity index (χ4v) is 1.71. The SMILES string of the molecule is CC(C(=O)NC(C)(C)C(N)=O)N1CCNCC1. The van der Waals surface area contributed by atoms with Crippen LogP contribution in [0.3, 0.4) is 0 Å². The van der Waals surface area contributed by atoms with E-state index in [0.29, 0.717) is 0 Å². The third-order valence-corrected chi connectivity index (χ3v) is 3.13. The minimum absolute atomic E-state index is 0.157. The van der Waals surface area contributed by atoms with Crippen molar-refractivity contribution in [3.8, 4) is 0 Å². The van der Waals surface area contributed by atoms with Crippen molar-refractivity contribution in [3.05, 3.63) is 0 Å². The summed E-state index contributed by atoms with van der Waals surface area (Å²) in [5, 5.41) is 5.90. The summed E-state index contributed by atoms with van der Waals surface area (Å²) in [7, 11) is 0. The molecule has 0 aromatic heterocycles. The number of amides is 2. The molecule has 0 radical (unpaired) electrons. The molecule has 4 N–H and O–H groups in total. The summed E-state index contributed by atoms with van der Waals surface area (Å²) in [5.74, 6) is -0.686. The third-order valence-electron chi connectivity index (χ3n) is 3.13. The van der Waals surface area contributed by atoms with Crippen molar-refractivity contribution in [3.63, 3.8) is 0 Å². The highest BCUT2D eigenvalue weighted by molar-refractivity contribution is 5.91. The lowest BCUT2D eigenvalue weighted by Crippen LogP contribution is -2.59. The van der Waals surface area contributed by atoms with E-state index in [2.05, 4.69) is 15.5 Å². The minimum Gasteiger partial charge on any atom is -0.368 e. The van der Waals surface area contributed by atoms with Gasteiger partial charge in [-0.25, -0.2) is 0 Å². The number of nitrogens with one attached hydrogen (secondary N) is 2. The lowest BCUT2D eigenvalue weighted by atomic mass is 10.0. The summed E-state index contributed by atoms with van der Waals surface area (Å²) in [6.07, 6.45) is 0. The van der Waals surface area contributed by atoms with Crippen LogP contribution in [0.25, 0.3) is 0 Å². The number of nitrogens with two attached hydrogens (primary N) is 1. The molecule has 0 saturated carbocycles.